The van der Waals surface area contributed by atoms with E-state index >= 15 is 0 Å². The summed E-state index contributed by atoms with van der Waals surface area (Å²) in [6.07, 6.45) is 3.22. The quantitative estimate of drug-likeness (QED) is 0.593. The van der Waals surface area contributed by atoms with E-state index in [9.17, 15) is 4.79 Å². The van der Waals surface area contributed by atoms with Gasteiger partial charge >= 0.3 is 0 Å². The summed E-state index contributed by atoms with van der Waals surface area (Å²) in [6, 6.07) is 14.0. The number of fused-ring (bicyclic) bond motifs is 1. The number of carbonyl (C=O) groups excluding carboxylic acids is 1. The molecule has 5 nitrogen and oxygen atoms in total. The number of thiazole rings is 1. The van der Waals surface area contributed by atoms with Gasteiger partial charge in [0.05, 0.1) is 29.4 Å². The standard InChI is InChI=1S/C23H26N2O3S/c1-27-19-10-5-7-16(22(19)28-2)12-13-21(26)25-14-6-8-17(15-25)23-24-18-9-3-4-11-20(18)29-23/h3-5,7,9-11,17H,6,8,12-15H2,1-2H3/t17-/m0/s1. The number of likely N-dealkylation sites (tertiary alicyclic amines) is 1. The van der Waals surface area contributed by atoms with Gasteiger partial charge in [0.25, 0.3) is 0 Å². The van der Waals surface area contributed by atoms with Gasteiger partial charge in [0, 0.05) is 25.4 Å². The van der Waals surface area contributed by atoms with Gasteiger partial charge < -0.3 is 14.4 Å². The number of nitrogens with zero attached hydrogens (tertiary/aromatic N) is 2. The first-order valence-electron chi connectivity index (χ1n) is 10.0. The summed E-state index contributed by atoms with van der Waals surface area (Å²) in [6.45, 7) is 1.59. The van der Waals surface area contributed by atoms with E-state index in [-0.39, 0.29) is 5.91 Å². The predicted molar refractivity (Wildman–Crippen MR) is 116 cm³/mol. The van der Waals surface area contributed by atoms with Crippen molar-refractivity contribution in [1.82, 2.24) is 9.88 Å². The fourth-order valence-corrected chi connectivity index (χ4v) is 5.11. The molecule has 1 amide bonds. The number of ether oxygens (including phenoxy) is 2. The minimum Gasteiger partial charge on any atom is -0.493 e. The summed E-state index contributed by atoms with van der Waals surface area (Å²) in [7, 11) is 3.26. The molecule has 4 rings (SSSR count). The molecule has 1 fully saturated rings. The van der Waals surface area contributed by atoms with Crippen LogP contribution < -0.4 is 9.47 Å². The third kappa shape index (κ3) is 4.22. The molecule has 2 heterocycles. The van der Waals surface area contributed by atoms with E-state index < -0.39 is 0 Å². The highest BCUT2D eigenvalue weighted by molar-refractivity contribution is 7.18. The molecule has 3 aromatic rings. The molecule has 0 unspecified atom stereocenters. The van der Waals surface area contributed by atoms with Crippen molar-refractivity contribution in [2.75, 3.05) is 27.3 Å². The fraction of sp³-hybridized carbons (Fsp3) is 0.391. The second-order valence-corrected chi connectivity index (χ2v) is 8.41. The van der Waals surface area contributed by atoms with E-state index in [1.165, 1.54) is 4.70 Å². The maximum atomic E-state index is 12.9. The lowest BCUT2D eigenvalue weighted by molar-refractivity contribution is -0.132. The molecule has 1 aliphatic rings. The minimum absolute atomic E-state index is 0.195. The Bertz CT molecular complexity index is 968. The lowest BCUT2D eigenvalue weighted by atomic mass is 9.98. The first-order chi connectivity index (χ1) is 14.2. The molecule has 2 aromatic carbocycles. The number of hydrogen-bond donors (Lipinski definition) is 0. The van der Waals surface area contributed by atoms with Crippen molar-refractivity contribution in [2.45, 2.75) is 31.6 Å². The number of methoxy groups -OCH3 is 2. The number of hydrogen-bond acceptors (Lipinski definition) is 5. The van der Waals surface area contributed by atoms with Gasteiger partial charge in [0.2, 0.25) is 5.91 Å². The highest BCUT2D eigenvalue weighted by Gasteiger charge is 2.27. The molecule has 1 atom stereocenters. The van der Waals surface area contributed by atoms with Gasteiger partial charge in [-0.1, -0.05) is 24.3 Å². The molecule has 1 aliphatic heterocycles. The van der Waals surface area contributed by atoms with Gasteiger partial charge in [0.1, 0.15) is 0 Å². The van der Waals surface area contributed by atoms with Crippen molar-refractivity contribution in [2.24, 2.45) is 0 Å². The fourth-order valence-electron chi connectivity index (χ4n) is 4.02. The van der Waals surface area contributed by atoms with Crippen molar-refractivity contribution in [3.8, 4) is 11.5 Å². The number of rotatable bonds is 6. The van der Waals surface area contributed by atoms with Crippen molar-refractivity contribution in [3.05, 3.63) is 53.0 Å². The van der Waals surface area contributed by atoms with Crippen molar-refractivity contribution >= 4 is 27.5 Å². The average Bonchev–Trinajstić information content (AvgIpc) is 3.21. The second-order valence-electron chi connectivity index (χ2n) is 7.35. The molecule has 0 spiro atoms. The zero-order valence-corrected chi connectivity index (χ0v) is 17.7. The van der Waals surface area contributed by atoms with Gasteiger partial charge in [-0.3, -0.25) is 4.79 Å². The molecule has 0 aliphatic carbocycles. The lowest BCUT2D eigenvalue weighted by Gasteiger charge is -2.32. The molecule has 152 valence electrons. The lowest BCUT2D eigenvalue weighted by Crippen LogP contribution is -2.39. The van der Waals surface area contributed by atoms with Crippen LogP contribution >= 0.6 is 11.3 Å². The molecule has 6 heteroatoms. The van der Waals surface area contributed by atoms with Crippen LogP contribution in [0, 0.1) is 0 Å². The molecule has 0 N–H and O–H groups in total. The zero-order chi connectivity index (χ0) is 20.2. The SMILES string of the molecule is COc1cccc(CCC(=O)N2CCC[C@H](c3nc4ccccc4s3)C2)c1OC. The molecule has 0 bridgehead atoms. The first-order valence-corrected chi connectivity index (χ1v) is 10.8. The maximum absolute atomic E-state index is 12.9. The third-order valence-corrected chi connectivity index (χ3v) is 6.73. The summed E-state index contributed by atoms with van der Waals surface area (Å²) in [5.41, 5.74) is 2.06. The van der Waals surface area contributed by atoms with Crippen molar-refractivity contribution in [3.63, 3.8) is 0 Å². The first kappa shape index (κ1) is 19.7. The normalized spacial score (nSPS) is 16.8. The van der Waals surface area contributed by atoms with Gasteiger partial charge in [-0.2, -0.15) is 0 Å². The Kier molecular flexibility index (Phi) is 6.00. The minimum atomic E-state index is 0.195. The largest absolute Gasteiger partial charge is 0.493 e. The maximum Gasteiger partial charge on any atom is 0.222 e. The predicted octanol–water partition coefficient (Wildman–Crippen LogP) is 4.65. The third-order valence-electron chi connectivity index (χ3n) is 5.53. The van der Waals surface area contributed by atoms with Gasteiger partial charge in [-0.15, -0.1) is 11.3 Å². The highest BCUT2D eigenvalue weighted by atomic mass is 32.1. The van der Waals surface area contributed by atoms with Crippen LogP contribution in [0.4, 0.5) is 0 Å². The van der Waals surface area contributed by atoms with E-state index in [2.05, 4.69) is 12.1 Å². The molecule has 29 heavy (non-hydrogen) atoms. The van der Waals surface area contributed by atoms with Crippen LogP contribution in [0.15, 0.2) is 42.5 Å². The number of aryl methyl sites for hydroxylation is 1. The van der Waals surface area contributed by atoms with Gasteiger partial charge in [-0.05, 0) is 43.0 Å². The molecular formula is C23H26N2O3S. The summed E-state index contributed by atoms with van der Waals surface area (Å²) < 4.78 is 12.1. The number of para-hydroxylation sites is 2. The van der Waals surface area contributed by atoms with Gasteiger partial charge in [-0.25, -0.2) is 4.98 Å². The summed E-state index contributed by atoms with van der Waals surface area (Å²) in [4.78, 5) is 19.7. The van der Waals surface area contributed by atoms with Crippen LogP contribution in [-0.2, 0) is 11.2 Å². The van der Waals surface area contributed by atoms with Crippen LogP contribution in [0.3, 0.4) is 0 Å². The molecule has 0 radical (unpaired) electrons. The Morgan fingerprint density at radius 1 is 1.17 bits per heavy atom. The van der Waals surface area contributed by atoms with E-state index in [4.69, 9.17) is 14.5 Å². The molecule has 1 aromatic heterocycles. The number of aromatic nitrogens is 1. The van der Waals surface area contributed by atoms with E-state index in [0.717, 1.165) is 42.0 Å². The van der Waals surface area contributed by atoms with Crippen LogP contribution in [0.5, 0.6) is 11.5 Å². The Morgan fingerprint density at radius 2 is 2.03 bits per heavy atom. The Hall–Kier alpha value is -2.60. The summed E-state index contributed by atoms with van der Waals surface area (Å²) >= 11 is 1.76. The van der Waals surface area contributed by atoms with Crippen molar-refractivity contribution in [1.29, 1.82) is 0 Å². The molecule has 1 saturated heterocycles. The number of piperidine rings is 1. The van der Waals surface area contributed by atoms with Crippen LogP contribution in [0.1, 0.15) is 35.8 Å². The topological polar surface area (TPSA) is 51.7 Å². The highest BCUT2D eigenvalue weighted by Crippen LogP contribution is 2.34. The Morgan fingerprint density at radius 3 is 2.83 bits per heavy atom. The Balaban J connectivity index is 1.41. The number of amides is 1. The van der Waals surface area contributed by atoms with Crippen molar-refractivity contribution < 1.29 is 14.3 Å². The van der Waals surface area contributed by atoms with Gasteiger partial charge in [0.15, 0.2) is 11.5 Å². The number of carbonyl (C=O) groups is 1. The zero-order valence-electron chi connectivity index (χ0n) is 16.9. The van der Waals surface area contributed by atoms with E-state index in [1.807, 2.05) is 35.2 Å². The average molecular weight is 411 g/mol. The van der Waals surface area contributed by atoms with E-state index in [0.29, 0.717) is 30.3 Å². The summed E-state index contributed by atoms with van der Waals surface area (Å²) in [5.74, 6) is 1.94. The second kappa shape index (κ2) is 8.82. The summed E-state index contributed by atoms with van der Waals surface area (Å²) in [5, 5.41) is 1.15. The smallest absolute Gasteiger partial charge is 0.222 e. The van der Waals surface area contributed by atoms with E-state index in [1.54, 1.807) is 25.6 Å². The Labute approximate surface area is 175 Å². The molecular weight excluding hydrogens is 384 g/mol. The van der Waals surface area contributed by atoms with Crippen LogP contribution in [0.2, 0.25) is 0 Å². The van der Waals surface area contributed by atoms with Crippen LogP contribution in [0.25, 0.3) is 10.2 Å². The monoisotopic (exact) mass is 410 g/mol. The van der Waals surface area contributed by atoms with Crippen LogP contribution in [-0.4, -0.2) is 43.1 Å². The molecule has 0 saturated carbocycles. The number of benzene rings is 2.